The molecule has 0 spiro atoms. The molecule has 4 nitrogen and oxygen atoms in total. The Balaban J connectivity index is 1.93. The normalized spacial score (nSPS) is 28.1. The standard InChI is InChI=1S/C13H18F3NO3/c14-13(15,16)10-4-2-1-3-9(10)12(20)17-6-8(7-17)5-11(18)19/h8-10H,1-7H2,(H,18,19). The number of nitrogens with zero attached hydrogens (tertiary/aromatic N) is 1. The van der Waals surface area contributed by atoms with Gasteiger partial charge in [0.2, 0.25) is 5.91 Å². The van der Waals surface area contributed by atoms with Gasteiger partial charge in [0.15, 0.2) is 0 Å². The molecule has 0 radical (unpaired) electrons. The van der Waals surface area contributed by atoms with Crippen LogP contribution in [0.2, 0.25) is 0 Å². The molecule has 1 saturated carbocycles. The van der Waals surface area contributed by atoms with Gasteiger partial charge in [0.25, 0.3) is 0 Å². The van der Waals surface area contributed by atoms with Crippen LogP contribution in [0.4, 0.5) is 13.2 Å². The average molecular weight is 293 g/mol. The van der Waals surface area contributed by atoms with E-state index in [4.69, 9.17) is 5.11 Å². The Morgan fingerprint density at radius 3 is 2.30 bits per heavy atom. The van der Waals surface area contributed by atoms with Gasteiger partial charge in [0.1, 0.15) is 0 Å². The SMILES string of the molecule is O=C(O)CC1CN(C(=O)C2CCCCC2C(F)(F)F)C1. The Kier molecular flexibility index (Phi) is 4.25. The topological polar surface area (TPSA) is 57.6 Å². The summed E-state index contributed by atoms with van der Waals surface area (Å²) >= 11 is 0. The molecule has 0 aromatic heterocycles. The monoisotopic (exact) mass is 293 g/mol. The van der Waals surface area contributed by atoms with Crippen molar-refractivity contribution < 1.29 is 27.9 Å². The van der Waals surface area contributed by atoms with Crippen LogP contribution in [0.25, 0.3) is 0 Å². The van der Waals surface area contributed by atoms with Gasteiger partial charge in [0.05, 0.1) is 12.3 Å². The third kappa shape index (κ3) is 3.24. The molecule has 2 fully saturated rings. The molecule has 114 valence electrons. The highest BCUT2D eigenvalue weighted by Crippen LogP contribution is 2.42. The number of likely N-dealkylation sites (tertiary alicyclic amines) is 1. The molecular weight excluding hydrogens is 275 g/mol. The average Bonchev–Trinajstić information content (AvgIpc) is 2.31. The molecule has 2 rings (SSSR count). The van der Waals surface area contributed by atoms with Crippen molar-refractivity contribution in [3.8, 4) is 0 Å². The van der Waals surface area contributed by atoms with E-state index < -0.39 is 29.9 Å². The van der Waals surface area contributed by atoms with Crippen molar-refractivity contribution in [3.05, 3.63) is 0 Å². The molecule has 1 saturated heterocycles. The Morgan fingerprint density at radius 2 is 1.75 bits per heavy atom. The molecule has 1 amide bonds. The number of hydrogen-bond donors (Lipinski definition) is 1. The van der Waals surface area contributed by atoms with Crippen molar-refractivity contribution in [1.82, 2.24) is 4.90 Å². The first-order chi connectivity index (χ1) is 9.29. The van der Waals surface area contributed by atoms with Crippen molar-refractivity contribution in [3.63, 3.8) is 0 Å². The lowest BCUT2D eigenvalue weighted by molar-refractivity contribution is -0.202. The summed E-state index contributed by atoms with van der Waals surface area (Å²) in [6.07, 6.45) is -2.90. The molecule has 20 heavy (non-hydrogen) atoms. The number of halogens is 3. The molecule has 0 aromatic rings. The third-order valence-corrected chi connectivity index (χ3v) is 4.24. The lowest BCUT2D eigenvalue weighted by atomic mass is 9.77. The summed E-state index contributed by atoms with van der Waals surface area (Å²) in [4.78, 5) is 24.0. The van der Waals surface area contributed by atoms with Crippen molar-refractivity contribution in [2.24, 2.45) is 17.8 Å². The Labute approximate surface area is 114 Å². The minimum absolute atomic E-state index is 0.0201. The van der Waals surface area contributed by atoms with Crippen LogP contribution in [0.1, 0.15) is 32.1 Å². The maximum atomic E-state index is 12.9. The fraction of sp³-hybridized carbons (Fsp3) is 0.846. The molecule has 0 aromatic carbocycles. The Bertz CT molecular complexity index is 391. The van der Waals surface area contributed by atoms with Crippen LogP contribution >= 0.6 is 0 Å². The number of carboxylic acids is 1. The molecule has 1 heterocycles. The molecule has 1 aliphatic heterocycles. The summed E-state index contributed by atoms with van der Waals surface area (Å²) in [7, 11) is 0. The second kappa shape index (κ2) is 5.61. The number of rotatable bonds is 3. The van der Waals surface area contributed by atoms with Gasteiger partial charge in [-0.05, 0) is 12.8 Å². The van der Waals surface area contributed by atoms with Crippen molar-refractivity contribution in [1.29, 1.82) is 0 Å². The highest BCUT2D eigenvalue weighted by atomic mass is 19.4. The molecule has 1 aliphatic carbocycles. The number of amides is 1. The number of alkyl halides is 3. The smallest absolute Gasteiger partial charge is 0.392 e. The first-order valence-corrected chi connectivity index (χ1v) is 6.86. The summed E-state index contributed by atoms with van der Waals surface area (Å²) in [5.74, 6) is -4.03. The highest BCUT2D eigenvalue weighted by Gasteiger charge is 2.50. The fourth-order valence-corrected chi connectivity index (χ4v) is 3.18. The molecule has 2 unspecified atom stereocenters. The van der Waals surface area contributed by atoms with E-state index in [1.165, 1.54) is 4.90 Å². The van der Waals surface area contributed by atoms with E-state index in [2.05, 4.69) is 0 Å². The summed E-state index contributed by atoms with van der Waals surface area (Å²) in [5, 5.41) is 8.62. The maximum Gasteiger partial charge on any atom is 0.392 e. The number of aliphatic carboxylic acids is 1. The zero-order valence-corrected chi connectivity index (χ0v) is 11.0. The number of carboxylic acid groups (broad SMARTS) is 1. The van der Waals surface area contributed by atoms with E-state index in [1.54, 1.807) is 0 Å². The van der Waals surface area contributed by atoms with Crippen molar-refractivity contribution in [2.75, 3.05) is 13.1 Å². The number of hydrogen-bond acceptors (Lipinski definition) is 2. The zero-order valence-electron chi connectivity index (χ0n) is 11.0. The van der Waals surface area contributed by atoms with Crippen LogP contribution in [-0.4, -0.2) is 41.1 Å². The van der Waals surface area contributed by atoms with Crippen LogP contribution in [0.15, 0.2) is 0 Å². The zero-order chi connectivity index (χ0) is 14.9. The highest BCUT2D eigenvalue weighted by molar-refractivity contribution is 5.80. The molecule has 7 heteroatoms. The van der Waals surface area contributed by atoms with E-state index in [1.807, 2.05) is 0 Å². The van der Waals surface area contributed by atoms with Crippen LogP contribution in [0, 0.1) is 17.8 Å². The fourth-order valence-electron chi connectivity index (χ4n) is 3.18. The minimum atomic E-state index is -4.33. The van der Waals surface area contributed by atoms with E-state index >= 15 is 0 Å². The summed E-state index contributed by atoms with van der Waals surface area (Å²) < 4.78 is 38.8. The molecular formula is C13H18F3NO3. The Hall–Kier alpha value is -1.27. The molecule has 0 bridgehead atoms. The van der Waals surface area contributed by atoms with Gasteiger partial charge in [-0.15, -0.1) is 0 Å². The third-order valence-electron chi connectivity index (χ3n) is 4.24. The van der Waals surface area contributed by atoms with Crippen LogP contribution < -0.4 is 0 Å². The van der Waals surface area contributed by atoms with Gasteiger partial charge in [0, 0.05) is 24.9 Å². The lowest BCUT2D eigenvalue weighted by Gasteiger charge is -2.43. The second-order valence-corrected chi connectivity index (χ2v) is 5.75. The van der Waals surface area contributed by atoms with E-state index in [0.717, 1.165) is 0 Å². The Morgan fingerprint density at radius 1 is 1.15 bits per heavy atom. The first-order valence-electron chi connectivity index (χ1n) is 6.86. The van der Waals surface area contributed by atoms with Crippen molar-refractivity contribution >= 4 is 11.9 Å². The predicted octanol–water partition coefficient (Wildman–Crippen LogP) is 2.29. The number of carbonyl (C=O) groups is 2. The van der Waals surface area contributed by atoms with Gasteiger partial charge < -0.3 is 10.0 Å². The molecule has 2 aliphatic rings. The summed E-state index contributed by atoms with van der Waals surface area (Å²) in [6.45, 7) is 0.540. The maximum absolute atomic E-state index is 12.9. The van der Waals surface area contributed by atoms with Crippen LogP contribution in [0.3, 0.4) is 0 Å². The number of carbonyl (C=O) groups excluding carboxylic acids is 1. The van der Waals surface area contributed by atoms with Gasteiger partial charge in [-0.2, -0.15) is 13.2 Å². The van der Waals surface area contributed by atoms with Gasteiger partial charge >= 0.3 is 12.1 Å². The predicted molar refractivity (Wildman–Crippen MR) is 63.8 cm³/mol. The van der Waals surface area contributed by atoms with Gasteiger partial charge in [-0.3, -0.25) is 9.59 Å². The first kappa shape index (κ1) is 15.1. The molecule has 1 N–H and O–H groups in total. The van der Waals surface area contributed by atoms with E-state index in [9.17, 15) is 22.8 Å². The summed E-state index contributed by atoms with van der Waals surface area (Å²) in [6, 6.07) is 0. The van der Waals surface area contributed by atoms with E-state index in [-0.39, 0.29) is 38.3 Å². The van der Waals surface area contributed by atoms with Crippen LogP contribution in [-0.2, 0) is 9.59 Å². The quantitative estimate of drug-likeness (QED) is 0.868. The summed E-state index contributed by atoms with van der Waals surface area (Å²) in [5.41, 5.74) is 0. The van der Waals surface area contributed by atoms with Gasteiger partial charge in [-0.25, -0.2) is 0 Å². The van der Waals surface area contributed by atoms with E-state index in [0.29, 0.717) is 12.8 Å². The van der Waals surface area contributed by atoms with Crippen LogP contribution in [0.5, 0.6) is 0 Å². The minimum Gasteiger partial charge on any atom is -0.481 e. The second-order valence-electron chi connectivity index (χ2n) is 5.75. The lowest BCUT2D eigenvalue weighted by Crippen LogP contribution is -2.54. The largest absolute Gasteiger partial charge is 0.481 e. The van der Waals surface area contributed by atoms with Crippen molar-refractivity contribution in [2.45, 2.75) is 38.3 Å². The molecule has 2 atom stereocenters. The van der Waals surface area contributed by atoms with Gasteiger partial charge in [-0.1, -0.05) is 12.8 Å².